The number of esters is 1. The third-order valence-corrected chi connectivity index (χ3v) is 10.2. The smallest absolute Gasteiger partial charge is 0.313 e. The van der Waals surface area contributed by atoms with Crippen molar-refractivity contribution in [2.75, 3.05) is 7.11 Å². The van der Waals surface area contributed by atoms with Gasteiger partial charge in [-0.1, -0.05) is 49.8 Å². The first-order valence-corrected chi connectivity index (χ1v) is 14.4. The van der Waals surface area contributed by atoms with Crippen LogP contribution in [0.1, 0.15) is 87.5 Å². The maximum absolute atomic E-state index is 13.6. The van der Waals surface area contributed by atoms with Gasteiger partial charge in [0.2, 0.25) is 0 Å². The highest BCUT2D eigenvalue weighted by molar-refractivity contribution is 6.01. The molecule has 0 aromatic heterocycles. The number of methoxy groups -OCH3 is 1. The van der Waals surface area contributed by atoms with E-state index in [-0.39, 0.29) is 28.4 Å². The minimum absolute atomic E-state index is 0.0228. The summed E-state index contributed by atoms with van der Waals surface area (Å²) in [5.74, 6) is -1.43. The van der Waals surface area contributed by atoms with Crippen LogP contribution in [0.25, 0.3) is 0 Å². The van der Waals surface area contributed by atoms with E-state index >= 15 is 0 Å². The Labute approximate surface area is 239 Å². The number of hydrogen-bond donors (Lipinski definition) is 2. The maximum Gasteiger partial charge on any atom is 0.313 e. The molecule has 40 heavy (non-hydrogen) atoms. The topological polar surface area (TPSA) is 110 Å². The summed E-state index contributed by atoms with van der Waals surface area (Å²) in [5, 5.41) is 20.6. The molecule has 3 aliphatic carbocycles. The number of carbonyl (C=O) groups is 3. The number of carbonyl (C=O) groups excluding carboxylic acids is 2. The molecule has 0 aromatic carbocycles. The second-order valence-corrected chi connectivity index (χ2v) is 13.4. The molecule has 7 atom stereocenters. The Morgan fingerprint density at radius 3 is 2.25 bits per heavy atom. The van der Waals surface area contributed by atoms with Crippen molar-refractivity contribution in [2.24, 2.45) is 28.1 Å². The van der Waals surface area contributed by atoms with Crippen molar-refractivity contribution in [1.29, 1.82) is 0 Å². The van der Waals surface area contributed by atoms with Gasteiger partial charge in [-0.05, 0) is 83.1 Å². The van der Waals surface area contributed by atoms with Crippen molar-refractivity contribution < 1.29 is 34.1 Å². The van der Waals surface area contributed by atoms with E-state index in [1.54, 1.807) is 27.9 Å². The van der Waals surface area contributed by atoms with Gasteiger partial charge in [0, 0.05) is 31.4 Å². The van der Waals surface area contributed by atoms with Crippen molar-refractivity contribution in [1.82, 2.24) is 0 Å². The second-order valence-electron chi connectivity index (χ2n) is 13.4. The molecule has 7 nitrogen and oxygen atoms in total. The lowest BCUT2D eigenvalue weighted by atomic mass is 9.42. The van der Waals surface area contributed by atoms with E-state index in [2.05, 4.69) is 13.8 Å². The first kappa shape index (κ1) is 32.0. The normalized spacial score (nSPS) is 36.9. The van der Waals surface area contributed by atoms with Gasteiger partial charge >= 0.3 is 11.9 Å². The van der Waals surface area contributed by atoms with E-state index in [1.165, 1.54) is 6.92 Å². The molecule has 0 radical (unpaired) electrons. The molecule has 3 fully saturated rings. The van der Waals surface area contributed by atoms with Gasteiger partial charge in [-0.3, -0.25) is 14.4 Å². The van der Waals surface area contributed by atoms with Gasteiger partial charge in [0.25, 0.3) is 0 Å². The van der Waals surface area contributed by atoms with Crippen molar-refractivity contribution in [3.63, 3.8) is 0 Å². The fourth-order valence-electron chi connectivity index (χ4n) is 8.25. The third-order valence-electron chi connectivity index (χ3n) is 10.2. The fourth-order valence-corrected chi connectivity index (χ4v) is 8.25. The molecule has 3 saturated carbocycles. The number of ether oxygens (including phenoxy) is 2. The summed E-state index contributed by atoms with van der Waals surface area (Å²) in [6.07, 6.45) is 11.5. The predicted molar refractivity (Wildman–Crippen MR) is 154 cm³/mol. The van der Waals surface area contributed by atoms with E-state index in [0.717, 1.165) is 23.1 Å². The molecule has 0 aromatic rings. The summed E-state index contributed by atoms with van der Waals surface area (Å²) < 4.78 is 10.9. The van der Waals surface area contributed by atoms with Gasteiger partial charge in [-0.25, -0.2) is 0 Å². The highest BCUT2D eigenvalue weighted by Gasteiger charge is 2.68. The van der Waals surface area contributed by atoms with Gasteiger partial charge in [-0.2, -0.15) is 0 Å². The number of ketones is 1. The predicted octanol–water partition coefficient (Wildman–Crippen LogP) is 5.98. The molecule has 0 heterocycles. The maximum atomic E-state index is 13.6. The van der Waals surface area contributed by atoms with Gasteiger partial charge in [0.15, 0.2) is 5.78 Å². The summed E-state index contributed by atoms with van der Waals surface area (Å²) in [7, 11) is 1.57. The SMILES string of the molecule is COC(/C=C/C(C)=C/C=C/C(C)=C1\C(=O)C[C@@H]2C1(C)CCC1[C@@](C)(C(=O)O)C(OC(C)=O)CC[C@@]12C)C(C)(C)O. The number of carboxylic acids is 1. The average Bonchev–Trinajstić information content (AvgIpc) is 3.11. The van der Waals surface area contributed by atoms with Gasteiger partial charge in [0.1, 0.15) is 17.6 Å². The number of carboxylic acid groups (broad SMARTS) is 1. The van der Waals surface area contributed by atoms with Crippen molar-refractivity contribution >= 4 is 17.7 Å². The van der Waals surface area contributed by atoms with Crippen LogP contribution in [0, 0.1) is 28.1 Å². The Kier molecular flexibility index (Phi) is 9.12. The number of allylic oxidation sites excluding steroid dienone is 7. The van der Waals surface area contributed by atoms with Crippen molar-refractivity contribution in [3.05, 3.63) is 47.1 Å². The molecule has 4 unspecified atom stereocenters. The van der Waals surface area contributed by atoms with Crippen LogP contribution in [0.2, 0.25) is 0 Å². The summed E-state index contributed by atoms with van der Waals surface area (Å²) in [5.41, 5.74) is -0.129. The second kappa shape index (κ2) is 11.4. The van der Waals surface area contributed by atoms with Crippen LogP contribution in [-0.4, -0.2) is 52.9 Å². The van der Waals surface area contributed by atoms with Crippen LogP contribution in [0.3, 0.4) is 0 Å². The Bertz CT molecular complexity index is 1150. The molecule has 3 aliphatic rings. The zero-order valence-corrected chi connectivity index (χ0v) is 25.7. The number of hydrogen-bond acceptors (Lipinski definition) is 6. The monoisotopic (exact) mass is 556 g/mol. The number of aliphatic carboxylic acids is 1. The molecular formula is C33H48O7. The minimum atomic E-state index is -1.20. The highest BCUT2D eigenvalue weighted by Crippen LogP contribution is 2.69. The fraction of sp³-hybridized carbons (Fsp3) is 0.667. The molecule has 0 spiro atoms. The highest BCUT2D eigenvalue weighted by atomic mass is 16.5. The summed E-state index contributed by atoms with van der Waals surface area (Å²) in [6, 6.07) is 0. The van der Waals surface area contributed by atoms with Gasteiger partial charge in [0.05, 0.1) is 5.60 Å². The average molecular weight is 557 g/mol. The minimum Gasteiger partial charge on any atom is -0.481 e. The Hall–Kier alpha value is -2.51. The quantitative estimate of drug-likeness (QED) is 0.215. The molecule has 7 heteroatoms. The standard InChI is InChI=1S/C33H48O7/c1-20(13-14-26(39-9)30(4,5)38)11-10-12-21(2)28-23(35)19-25-31(6)18-16-27(40-22(3)34)33(8,29(36)37)24(31)15-17-32(25,28)7/h10-14,24-27,38H,15-19H2,1-9H3,(H,36,37)/b12-10+,14-13+,20-11+,28-21+/t24?,25-,26?,27?,31-,32?,33+/m0/s1. The molecule has 222 valence electrons. The Balaban J connectivity index is 1.90. The van der Waals surface area contributed by atoms with Crippen LogP contribution in [-0.2, 0) is 23.9 Å². The van der Waals surface area contributed by atoms with Crippen molar-refractivity contribution in [3.8, 4) is 0 Å². The number of fused-ring (bicyclic) bond motifs is 3. The van der Waals surface area contributed by atoms with Crippen molar-refractivity contribution in [2.45, 2.75) is 105 Å². The third kappa shape index (κ3) is 5.64. The largest absolute Gasteiger partial charge is 0.481 e. The van der Waals surface area contributed by atoms with E-state index in [0.29, 0.717) is 25.7 Å². The molecule has 0 aliphatic heterocycles. The van der Waals surface area contributed by atoms with Crippen LogP contribution < -0.4 is 0 Å². The number of aliphatic hydroxyl groups is 1. The van der Waals surface area contributed by atoms with Crippen LogP contribution in [0.15, 0.2) is 47.1 Å². The van der Waals surface area contributed by atoms with Gasteiger partial charge < -0.3 is 19.7 Å². The van der Waals surface area contributed by atoms with E-state index < -0.39 is 35.2 Å². The summed E-state index contributed by atoms with van der Waals surface area (Å²) in [4.78, 5) is 38.1. The number of Topliss-reactive ketones (excluding diaryl/α,β-unsaturated/α-hetero) is 1. The van der Waals surface area contributed by atoms with Crippen LogP contribution in [0.4, 0.5) is 0 Å². The molecule has 0 saturated heterocycles. The van der Waals surface area contributed by atoms with Crippen LogP contribution >= 0.6 is 0 Å². The van der Waals surface area contributed by atoms with E-state index in [1.807, 2.05) is 44.2 Å². The molecule has 0 amide bonds. The van der Waals surface area contributed by atoms with E-state index in [4.69, 9.17) is 9.47 Å². The van der Waals surface area contributed by atoms with Gasteiger partial charge in [-0.15, -0.1) is 0 Å². The lowest BCUT2D eigenvalue weighted by Crippen LogP contribution is -2.61. The Morgan fingerprint density at radius 2 is 1.70 bits per heavy atom. The molecule has 2 N–H and O–H groups in total. The number of rotatable bonds is 8. The lowest BCUT2D eigenvalue weighted by Gasteiger charge is -2.61. The van der Waals surface area contributed by atoms with E-state index in [9.17, 15) is 24.6 Å². The molecular weight excluding hydrogens is 508 g/mol. The summed E-state index contributed by atoms with van der Waals surface area (Å²) >= 11 is 0. The zero-order chi connectivity index (χ0) is 30.3. The molecule has 0 bridgehead atoms. The first-order valence-electron chi connectivity index (χ1n) is 14.4. The zero-order valence-electron chi connectivity index (χ0n) is 25.7. The summed E-state index contributed by atoms with van der Waals surface area (Å²) in [6.45, 7) is 14.8. The van der Waals surface area contributed by atoms with Crippen LogP contribution in [0.5, 0.6) is 0 Å². The molecule has 3 rings (SSSR count). The first-order chi connectivity index (χ1) is 18.4. The Morgan fingerprint density at radius 1 is 1.05 bits per heavy atom. The lowest BCUT2D eigenvalue weighted by molar-refractivity contribution is -0.204.